The standard InChI is InChI=1S/C23H29N3O/c1-16-4-5-21-20(12-16)13-22(18(3)25-11-8-17(2)14-25)26(21)15-23(27)19-6-9-24-10-7-19/h4-7,9-10,12-13,17-18,23,27H,8,11,14-15H2,1-3H3. The summed E-state index contributed by atoms with van der Waals surface area (Å²) in [6.07, 6.45) is 4.20. The van der Waals surface area contributed by atoms with Gasteiger partial charge in [0.2, 0.25) is 0 Å². The molecule has 2 aromatic heterocycles. The van der Waals surface area contributed by atoms with Crippen LogP contribution in [0.25, 0.3) is 10.9 Å². The summed E-state index contributed by atoms with van der Waals surface area (Å²) in [5.74, 6) is 0.759. The van der Waals surface area contributed by atoms with Crippen molar-refractivity contribution in [1.29, 1.82) is 0 Å². The molecule has 4 nitrogen and oxygen atoms in total. The maximum absolute atomic E-state index is 10.9. The molecule has 1 aliphatic rings. The predicted molar refractivity (Wildman–Crippen MR) is 110 cm³/mol. The summed E-state index contributed by atoms with van der Waals surface area (Å²) in [5.41, 5.74) is 4.66. The summed E-state index contributed by atoms with van der Waals surface area (Å²) in [5, 5.41) is 12.1. The van der Waals surface area contributed by atoms with Gasteiger partial charge < -0.3 is 9.67 Å². The van der Waals surface area contributed by atoms with Crippen LogP contribution < -0.4 is 0 Å². The van der Waals surface area contributed by atoms with E-state index in [1.165, 1.54) is 28.6 Å². The highest BCUT2D eigenvalue weighted by Gasteiger charge is 2.27. The SMILES string of the molecule is Cc1ccc2c(c1)cc(C(C)N1CCC(C)C1)n2CC(O)c1ccncc1. The first-order valence-electron chi connectivity index (χ1n) is 9.94. The first-order valence-corrected chi connectivity index (χ1v) is 9.94. The van der Waals surface area contributed by atoms with Crippen molar-refractivity contribution in [3.63, 3.8) is 0 Å². The van der Waals surface area contributed by atoms with E-state index in [4.69, 9.17) is 0 Å². The van der Waals surface area contributed by atoms with Crippen LogP contribution in [0.15, 0.2) is 48.8 Å². The van der Waals surface area contributed by atoms with E-state index in [-0.39, 0.29) is 0 Å². The highest BCUT2D eigenvalue weighted by Crippen LogP contribution is 2.33. The number of rotatable bonds is 5. The van der Waals surface area contributed by atoms with Crippen LogP contribution in [0.1, 0.15) is 49.2 Å². The lowest BCUT2D eigenvalue weighted by Crippen LogP contribution is -2.26. The number of nitrogens with zero attached hydrogens (tertiary/aromatic N) is 3. The topological polar surface area (TPSA) is 41.3 Å². The second-order valence-corrected chi connectivity index (χ2v) is 8.10. The van der Waals surface area contributed by atoms with Gasteiger partial charge in [-0.1, -0.05) is 18.6 Å². The van der Waals surface area contributed by atoms with Gasteiger partial charge in [-0.25, -0.2) is 0 Å². The minimum atomic E-state index is -0.548. The van der Waals surface area contributed by atoms with Crippen molar-refractivity contribution in [2.75, 3.05) is 13.1 Å². The zero-order valence-corrected chi connectivity index (χ0v) is 16.5. The van der Waals surface area contributed by atoms with Gasteiger partial charge in [-0.3, -0.25) is 9.88 Å². The molecule has 1 N–H and O–H groups in total. The third-order valence-corrected chi connectivity index (χ3v) is 5.97. The Balaban J connectivity index is 1.72. The van der Waals surface area contributed by atoms with E-state index < -0.39 is 6.10 Å². The van der Waals surface area contributed by atoms with Crippen LogP contribution in [-0.2, 0) is 6.54 Å². The van der Waals surface area contributed by atoms with Crippen LogP contribution in [0.5, 0.6) is 0 Å². The molecular weight excluding hydrogens is 334 g/mol. The maximum Gasteiger partial charge on any atom is 0.0970 e. The lowest BCUT2D eigenvalue weighted by molar-refractivity contribution is 0.153. The van der Waals surface area contributed by atoms with Crippen LogP contribution in [0.4, 0.5) is 0 Å². The summed E-state index contributed by atoms with van der Waals surface area (Å²) in [6.45, 7) is 9.62. The van der Waals surface area contributed by atoms with Gasteiger partial charge in [0.15, 0.2) is 0 Å². The molecule has 1 fully saturated rings. The number of benzene rings is 1. The van der Waals surface area contributed by atoms with Crippen molar-refractivity contribution in [2.24, 2.45) is 5.92 Å². The molecule has 1 aliphatic heterocycles. The van der Waals surface area contributed by atoms with Gasteiger partial charge in [-0.15, -0.1) is 0 Å². The van der Waals surface area contributed by atoms with Crippen LogP contribution >= 0.6 is 0 Å². The molecule has 3 atom stereocenters. The number of likely N-dealkylation sites (tertiary alicyclic amines) is 1. The molecule has 3 unspecified atom stereocenters. The molecule has 0 amide bonds. The van der Waals surface area contributed by atoms with Gasteiger partial charge >= 0.3 is 0 Å². The number of pyridine rings is 1. The van der Waals surface area contributed by atoms with Gasteiger partial charge in [-0.2, -0.15) is 0 Å². The van der Waals surface area contributed by atoms with Gasteiger partial charge in [0.25, 0.3) is 0 Å². The number of aliphatic hydroxyl groups excluding tert-OH is 1. The minimum absolute atomic E-state index is 0.340. The molecule has 0 radical (unpaired) electrons. The maximum atomic E-state index is 10.9. The molecule has 4 heteroatoms. The minimum Gasteiger partial charge on any atom is -0.387 e. The number of aromatic nitrogens is 2. The molecular formula is C23H29N3O. The summed E-state index contributed by atoms with van der Waals surface area (Å²) < 4.78 is 2.31. The van der Waals surface area contributed by atoms with E-state index in [0.29, 0.717) is 12.6 Å². The Bertz CT molecular complexity index is 918. The zero-order chi connectivity index (χ0) is 19.0. The van der Waals surface area contributed by atoms with Crippen LogP contribution in [0.3, 0.4) is 0 Å². The molecule has 0 aliphatic carbocycles. The van der Waals surface area contributed by atoms with Crippen molar-refractivity contribution in [3.05, 3.63) is 65.6 Å². The fraction of sp³-hybridized carbons (Fsp3) is 0.435. The summed E-state index contributed by atoms with van der Waals surface area (Å²) in [6, 6.07) is 13.0. The molecule has 0 spiro atoms. The highest BCUT2D eigenvalue weighted by molar-refractivity contribution is 5.82. The first kappa shape index (κ1) is 18.2. The normalized spacial score (nSPS) is 20.2. The van der Waals surface area contributed by atoms with E-state index in [0.717, 1.165) is 24.6 Å². The lowest BCUT2D eigenvalue weighted by atomic mass is 10.1. The molecule has 0 bridgehead atoms. The number of hydrogen-bond donors (Lipinski definition) is 1. The Morgan fingerprint density at radius 3 is 2.67 bits per heavy atom. The lowest BCUT2D eigenvalue weighted by Gasteiger charge is -2.27. The average molecular weight is 364 g/mol. The molecule has 0 saturated carbocycles. The van der Waals surface area contributed by atoms with Crippen LogP contribution in [0, 0.1) is 12.8 Å². The predicted octanol–water partition coefficient (Wildman–Crippen LogP) is 4.48. The molecule has 4 rings (SSSR count). The second kappa shape index (κ2) is 7.45. The first-order chi connectivity index (χ1) is 13.0. The van der Waals surface area contributed by atoms with E-state index in [2.05, 4.69) is 59.5 Å². The fourth-order valence-corrected chi connectivity index (χ4v) is 4.33. The summed E-state index contributed by atoms with van der Waals surface area (Å²) in [7, 11) is 0. The van der Waals surface area contributed by atoms with Crippen molar-refractivity contribution >= 4 is 10.9 Å². The molecule has 27 heavy (non-hydrogen) atoms. The van der Waals surface area contributed by atoms with Crippen molar-refractivity contribution < 1.29 is 5.11 Å². The quantitative estimate of drug-likeness (QED) is 0.726. The summed E-state index contributed by atoms with van der Waals surface area (Å²) >= 11 is 0. The van der Waals surface area contributed by atoms with Gasteiger partial charge in [0.1, 0.15) is 0 Å². The average Bonchev–Trinajstić information content (AvgIpc) is 3.25. The molecule has 1 aromatic carbocycles. The Morgan fingerprint density at radius 2 is 1.96 bits per heavy atom. The van der Waals surface area contributed by atoms with Gasteiger partial charge in [0.05, 0.1) is 12.6 Å². The largest absolute Gasteiger partial charge is 0.387 e. The van der Waals surface area contributed by atoms with Gasteiger partial charge in [-0.05, 0) is 68.6 Å². The van der Waals surface area contributed by atoms with Gasteiger partial charge in [0, 0.05) is 41.6 Å². The highest BCUT2D eigenvalue weighted by atomic mass is 16.3. The Morgan fingerprint density at radius 1 is 1.19 bits per heavy atom. The smallest absolute Gasteiger partial charge is 0.0970 e. The zero-order valence-electron chi connectivity index (χ0n) is 16.5. The van der Waals surface area contributed by atoms with E-state index in [9.17, 15) is 5.11 Å². The number of hydrogen-bond acceptors (Lipinski definition) is 3. The Kier molecular flexibility index (Phi) is 5.02. The van der Waals surface area contributed by atoms with Crippen LogP contribution in [-0.4, -0.2) is 32.6 Å². The molecule has 1 saturated heterocycles. The molecule has 3 heterocycles. The second-order valence-electron chi connectivity index (χ2n) is 8.10. The molecule has 142 valence electrons. The monoisotopic (exact) mass is 363 g/mol. The Labute approximate surface area is 161 Å². The third kappa shape index (κ3) is 3.64. The fourth-order valence-electron chi connectivity index (χ4n) is 4.33. The van der Waals surface area contributed by atoms with Crippen molar-refractivity contribution in [1.82, 2.24) is 14.5 Å². The van der Waals surface area contributed by atoms with Crippen LogP contribution in [0.2, 0.25) is 0 Å². The van der Waals surface area contributed by atoms with Crippen molar-refractivity contribution in [3.8, 4) is 0 Å². The third-order valence-electron chi connectivity index (χ3n) is 5.97. The number of fused-ring (bicyclic) bond motifs is 1. The van der Waals surface area contributed by atoms with Crippen molar-refractivity contribution in [2.45, 2.75) is 45.9 Å². The van der Waals surface area contributed by atoms with E-state index in [1.54, 1.807) is 12.4 Å². The summed E-state index contributed by atoms with van der Waals surface area (Å²) in [4.78, 5) is 6.64. The Hall–Kier alpha value is -2.17. The number of aliphatic hydroxyl groups is 1. The molecule has 3 aromatic rings. The van der Waals surface area contributed by atoms with E-state index >= 15 is 0 Å². The number of aryl methyl sites for hydroxylation is 1. The van der Waals surface area contributed by atoms with E-state index in [1.807, 2.05) is 12.1 Å².